The van der Waals surface area contributed by atoms with Crippen molar-refractivity contribution < 1.29 is 18.4 Å². The van der Waals surface area contributed by atoms with Gasteiger partial charge >= 0.3 is 0 Å². The molecule has 2 atom stereocenters. The van der Waals surface area contributed by atoms with Gasteiger partial charge in [0.05, 0.1) is 5.69 Å². The Morgan fingerprint density at radius 1 is 1.54 bits per heavy atom. The zero-order valence-corrected chi connectivity index (χ0v) is 16.2. The Labute approximate surface area is 161 Å². The summed E-state index contributed by atoms with van der Waals surface area (Å²) in [5.41, 5.74) is -0.322. The second kappa shape index (κ2) is 8.09. The average molecular weight is 451 g/mol. The maximum atomic E-state index is 13.7. The summed E-state index contributed by atoms with van der Waals surface area (Å²) in [5.74, 6) is -5.19. The van der Waals surface area contributed by atoms with Crippen LogP contribution in [0.4, 0.5) is 14.5 Å². The van der Waals surface area contributed by atoms with Crippen molar-refractivity contribution in [1.29, 1.82) is 0 Å². The van der Waals surface area contributed by atoms with E-state index < -0.39 is 35.5 Å². The summed E-state index contributed by atoms with van der Waals surface area (Å²) < 4.78 is 26.9. The van der Waals surface area contributed by atoms with E-state index in [1.54, 1.807) is 7.05 Å². The molecule has 1 aliphatic rings. The Morgan fingerprint density at radius 2 is 2.19 bits per heavy atom. The van der Waals surface area contributed by atoms with Crippen LogP contribution in [-0.2, 0) is 9.59 Å². The molecule has 1 aromatic rings. The van der Waals surface area contributed by atoms with Crippen molar-refractivity contribution >= 4 is 49.7 Å². The Kier molecular flexibility index (Phi) is 6.30. The lowest BCUT2D eigenvalue weighted by Crippen LogP contribution is -2.35. The third kappa shape index (κ3) is 4.36. The molecule has 0 aromatic carbocycles. The van der Waals surface area contributed by atoms with E-state index >= 15 is 0 Å². The molecular weight excluding hydrogens is 436 g/mol. The first-order valence-electron chi connectivity index (χ1n) is 7.31. The molecule has 140 valence electrons. The first kappa shape index (κ1) is 20.2. The summed E-state index contributed by atoms with van der Waals surface area (Å²) in [4.78, 5) is 29.3. The molecule has 2 rings (SSSR count). The zero-order chi connectivity index (χ0) is 19.6. The predicted molar refractivity (Wildman–Crippen MR) is 96.5 cm³/mol. The van der Waals surface area contributed by atoms with Crippen molar-refractivity contribution in [2.45, 2.75) is 0 Å². The number of pyridine rings is 1. The molecule has 0 spiro atoms. The van der Waals surface area contributed by atoms with E-state index in [1.807, 2.05) is 0 Å². The molecule has 0 unspecified atom stereocenters. The van der Waals surface area contributed by atoms with Crippen molar-refractivity contribution in [2.24, 2.45) is 16.9 Å². The monoisotopic (exact) mass is 449 g/mol. The lowest BCUT2D eigenvalue weighted by Gasteiger charge is -2.18. The number of nitrogens with one attached hydrogen (secondary N) is 1. The highest BCUT2D eigenvalue weighted by atomic mass is 79.9. The number of likely N-dealkylation sites (tertiary alicyclic amines) is 1. The molecule has 1 aromatic heterocycles. The smallest absolute Gasteiger partial charge is 0.239 e. The quantitative estimate of drug-likeness (QED) is 0.246. The number of carbonyl (C=O) groups excluding carboxylic acids is 2. The van der Waals surface area contributed by atoms with Gasteiger partial charge in [0, 0.05) is 26.6 Å². The fourth-order valence-corrected chi connectivity index (χ4v) is 3.08. The minimum atomic E-state index is -1.18. The number of nitrogens with zero attached hydrogens (tertiary/aromatic N) is 4. The molecule has 26 heavy (non-hydrogen) atoms. The Bertz CT molecular complexity index is 791. The van der Waals surface area contributed by atoms with Gasteiger partial charge in [0.1, 0.15) is 15.7 Å². The molecule has 0 bridgehead atoms. The van der Waals surface area contributed by atoms with Crippen molar-refractivity contribution in [1.82, 2.24) is 14.9 Å². The van der Waals surface area contributed by atoms with Crippen molar-refractivity contribution in [3.63, 3.8) is 0 Å². The van der Waals surface area contributed by atoms with Gasteiger partial charge in [0.2, 0.25) is 23.7 Å². The van der Waals surface area contributed by atoms with Gasteiger partial charge in [-0.05, 0) is 28.1 Å². The van der Waals surface area contributed by atoms with Crippen LogP contribution in [0.3, 0.4) is 0 Å². The normalized spacial score (nSPS) is 20.3. The van der Waals surface area contributed by atoms with Gasteiger partial charge in [-0.3, -0.25) is 14.6 Å². The molecule has 0 radical (unpaired) electrons. The van der Waals surface area contributed by atoms with Crippen LogP contribution < -0.4 is 5.32 Å². The van der Waals surface area contributed by atoms with Crippen LogP contribution >= 0.6 is 27.5 Å². The Morgan fingerprint density at radius 3 is 2.77 bits per heavy atom. The SMILES string of the molecule is C=C(Cl)N(C)/N=C(\Br)[C@H]1CN(C)C(=O)[C@@H]1C(=O)Nc1ccc(F)nc1F. The van der Waals surface area contributed by atoms with Gasteiger partial charge in [-0.2, -0.15) is 18.9 Å². The average Bonchev–Trinajstić information content (AvgIpc) is 2.85. The number of aromatic nitrogens is 1. The van der Waals surface area contributed by atoms with Gasteiger partial charge in [0.25, 0.3) is 0 Å². The third-order valence-electron chi connectivity index (χ3n) is 3.77. The number of carbonyl (C=O) groups is 2. The van der Waals surface area contributed by atoms with Crippen LogP contribution in [0.15, 0.2) is 29.0 Å². The molecule has 1 saturated heterocycles. The molecule has 1 aliphatic heterocycles. The Balaban J connectivity index is 2.26. The number of hydrogen-bond acceptors (Lipinski definition) is 5. The second-order valence-corrected chi connectivity index (χ2v) is 6.84. The standard InChI is InChI=1S/C15H15BrClF2N5O2/c1-7(17)24(3)22-12(16)8-6-23(2)15(26)11(8)14(25)20-9-4-5-10(18)21-13(9)19/h4-5,8,11H,1,6H2,2-3H3,(H,20,25)/b22-12-/t8-,11-/m0/s1. The number of amides is 2. The van der Waals surface area contributed by atoms with E-state index in [2.05, 4.69) is 37.9 Å². The third-order valence-corrected chi connectivity index (χ3v) is 4.76. The largest absolute Gasteiger partial charge is 0.344 e. The molecule has 7 nitrogen and oxygen atoms in total. The minimum Gasteiger partial charge on any atom is -0.344 e. The van der Waals surface area contributed by atoms with Crippen LogP contribution in [0.25, 0.3) is 0 Å². The highest BCUT2D eigenvalue weighted by Gasteiger charge is 2.46. The van der Waals surface area contributed by atoms with E-state index in [1.165, 1.54) is 17.0 Å². The lowest BCUT2D eigenvalue weighted by atomic mass is 9.95. The van der Waals surface area contributed by atoms with E-state index in [-0.39, 0.29) is 17.4 Å². The molecule has 11 heteroatoms. The highest BCUT2D eigenvalue weighted by molar-refractivity contribution is 9.18. The summed E-state index contributed by atoms with van der Waals surface area (Å²) in [7, 11) is 3.08. The fourth-order valence-electron chi connectivity index (χ4n) is 2.40. The fraction of sp³-hybridized carbons (Fsp3) is 0.333. The highest BCUT2D eigenvalue weighted by Crippen LogP contribution is 2.29. The number of rotatable bonds is 5. The molecule has 1 N–H and O–H groups in total. The van der Waals surface area contributed by atoms with E-state index in [4.69, 9.17) is 11.6 Å². The van der Waals surface area contributed by atoms with Gasteiger partial charge in [-0.1, -0.05) is 18.2 Å². The van der Waals surface area contributed by atoms with Gasteiger partial charge < -0.3 is 10.2 Å². The molecule has 1 fully saturated rings. The summed E-state index contributed by atoms with van der Waals surface area (Å²) in [5, 5.41) is 7.81. The molecule has 2 amide bonds. The van der Waals surface area contributed by atoms with Gasteiger partial charge in [-0.15, -0.1) is 0 Å². The predicted octanol–water partition coefficient (Wildman–Crippen LogP) is 2.35. The van der Waals surface area contributed by atoms with E-state index in [9.17, 15) is 18.4 Å². The Hall–Kier alpha value is -2.07. The lowest BCUT2D eigenvalue weighted by molar-refractivity contribution is -0.135. The van der Waals surface area contributed by atoms with Crippen molar-refractivity contribution in [3.05, 3.63) is 35.8 Å². The van der Waals surface area contributed by atoms with Crippen LogP contribution in [0.2, 0.25) is 0 Å². The summed E-state index contributed by atoms with van der Waals surface area (Å²) >= 11 is 9.00. The first-order chi connectivity index (χ1) is 12.1. The summed E-state index contributed by atoms with van der Waals surface area (Å²) in [6.45, 7) is 3.73. The van der Waals surface area contributed by atoms with Crippen LogP contribution in [0, 0.1) is 23.7 Å². The summed E-state index contributed by atoms with van der Waals surface area (Å²) in [6, 6.07) is 1.93. The number of hydrogen-bond donors (Lipinski definition) is 1. The topological polar surface area (TPSA) is 77.9 Å². The zero-order valence-electron chi connectivity index (χ0n) is 13.8. The van der Waals surface area contributed by atoms with E-state index in [0.29, 0.717) is 4.62 Å². The maximum Gasteiger partial charge on any atom is 0.239 e. The number of halogens is 4. The maximum absolute atomic E-state index is 13.7. The molecule has 0 aliphatic carbocycles. The van der Waals surface area contributed by atoms with Crippen LogP contribution in [0.1, 0.15) is 0 Å². The second-order valence-electron chi connectivity index (χ2n) is 5.59. The van der Waals surface area contributed by atoms with Gasteiger partial charge in [-0.25, -0.2) is 0 Å². The molecule has 0 saturated carbocycles. The molecule has 2 heterocycles. The summed E-state index contributed by atoms with van der Waals surface area (Å²) in [6.07, 6.45) is 0. The van der Waals surface area contributed by atoms with Crippen molar-refractivity contribution in [2.75, 3.05) is 26.0 Å². The van der Waals surface area contributed by atoms with Crippen LogP contribution in [0.5, 0.6) is 0 Å². The number of hydrazone groups is 1. The van der Waals surface area contributed by atoms with E-state index in [0.717, 1.165) is 12.1 Å². The van der Waals surface area contributed by atoms with Gasteiger partial charge in [0.15, 0.2) is 0 Å². The number of anilines is 1. The first-order valence-corrected chi connectivity index (χ1v) is 8.49. The van der Waals surface area contributed by atoms with Crippen molar-refractivity contribution in [3.8, 4) is 0 Å². The van der Waals surface area contributed by atoms with Crippen LogP contribution in [-0.4, -0.2) is 52.0 Å². The minimum absolute atomic E-state index is 0.139. The molecular formula is C15H15BrClF2N5O2.